The van der Waals surface area contributed by atoms with Crippen LogP contribution in [-0.2, 0) is 6.42 Å². The maximum Gasteiger partial charge on any atom is 0.127 e. The van der Waals surface area contributed by atoms with Crippen LogP contribution in [0.1, 0.15) is 95.6 Å². The quantitative estimate of drug-likeness (QED) is 0.471. The average molecular weight is 369 g/mol. The molecule has 0 radical (unpaired) electrons. The smallest absolute Gasteiger partial charge is 0.127 e. The van der Waals surface area contributed by atoms with Gasteiger partial charge in [-0.1, -0.05) is 63.9 Å². The largest absolute Gasteiger partial charge is 0.207 e. The lowest BCUT2D eigenvalue weighted by Gasteiger charge is -2.37. The first-order valence-electron chi connectivity index (χ1n) is 11.5. The number of unbranched alkanes of at least 4 members (excludes halogenated alkanes) is 1. The van der Waals surface area contributed by atoms with Crippen LogP contribution in [0.2, 0.25) is 0 Å². The summed E-state index contributed by atoms with van der Waals surface area (Å²) in [5.74, 6) is 10.0. The molecule has 2 fully saturated rings. The standard InChI is InChI=1S/C26H37F/c1-3-5-6-20-9-15-24(16-10-20)25-17-11-21(12-18-25)7-8-22-13-14-23(4-2)26(27)19-22/h13-14,19-21,24-25H,3-6,9-12,15-18H2,1-2H3/t20-,21-,24-,25-. The van der Waals surface area contributed by atoms with Gasteiger partial charge in [0.1, 0.15) is 5.82 Å². The molecule has 2 aliphatic carbocycles. The predicted octanol–water partition coefficient (Wildman–Crippen LogP) is 7.54. The Morgan fingerprint density at radius 1 is 0.926 bits per heavy atom. The number of halogens is 1. The fourth-order valence-electron chi connectivity index (χ4n) is 5.27. The van der Waals surface area contributed by atoms with Crippen LogP contribution in [0.4, 0.5) is 4.39 Å². The first-order chi connectivity index (χ1) is 13.2. The Kier molecular flexibility index (Phi) is 7.81. The third-order valence-corrected chi connectivity index (χ3v) is 7.15. The second kappa shape index (κ2) is 10.3. The molecule has 0 amide bonds. The van der Waals surface area contributed by atoms with Gasteiger partial charge >= 0.3 is 0 Å². The van der Waals surface area contributed by atoms with Crippen LogP contribution in [0.15, 0.2) is 18.2 Å². The SMILES string of the molecule is CCCC[C@H]1CC[C@H]([C@H]2CC[C@H](C#Cc3ccc(CC)c(F)c3)CC2)CC1. The van der Waals surface area contributed by atoms with Gasteiger partial charge in [0.2, 0.25) is 0 Å². The number of hydrogen-bond donors (Lipinski definition) is 0. The lowest BCUT2D eigenvalue weighted by molar-refractivity contribution is 0.153. The van der Waals surface area contributed by atoms with Crippen molar-refractivity contribution in [2.75, 3.05) is 0 Å². The molecule has 1 aromatic carbocycles. The van der Waals surface area contributed by atoms with Crippen LogP contribution in [0.5, 0.6) is 0 Å². The molecule has 148 valence electrons. The van der Waals surface area contributed by atoms with E-state index in [2.05, 4.69) is 18.8 Å². The van der Waals surface area contributed by atoms with Gasteiger partial charge in [-0.15, -0.1) is 0 Å². The first-order valence-corrected chi connectivity index (χ1v) is 11.5. The third kappa shape index (κ3) is 5.84. The Bertz CT molecular complexity index is 634. The summed E-state index contributed by atoms with van der Waals surface area (Å²) < 4.78 is 13.9. The van der Waals surface area contributed by atoms with Gasteiger partial charge in [-0.2, -0.15) is 0 Å². The van der Waals surface area contributed by atoms with Crippen molar-refractivity contribution in [2.45, 2.75) is 90.9 Å². The van der Waals surface area contributed by atoms with Crippen molar-refractivity contribution in [3.63, 3.8) is 0 Å². The predicted molar refractivity (Wildman–Crippen MR) is 113 cm³/mol. The normalized spacial score (nSPS) is 28.4. The van der Waals surface area contributed by atoms with Crippen molar-refractivity contribution in [1.29, 1.82) is 0 Å². The van der Waals surface area contributed by atoms with Crippen molar-refractivity contribution in [2.24, 2.45) is 23.7 Å². The highest BCUT2D eigenvalue weighted by Gasteiger charge is 2.30. The monoisotopic (exact) mass is 368 g/mol. The molecule has 0 unspecified atom stereocenters. The number of benzene rings is 1. The highest BCUT2D eigenvalue weighted by atomic mass is 19.1. The number of aryl methyl sites for hydroxylation is 1. The van der Waals surface area contributed by atoms with Gasteiger partial charge in [0.05, 0.1) is 0 Å². The zero-order chi connectivity index (χ0) is 19.1. The average Bonchev–Trinajstić information content (AvgIpc) is 2.71. The minimum absolute atomic E-state index is 0.109. The highest BCUT2D eigenvalue weighted by Crippen LogP contribution is 2.42. The minimum atomic E-state index is -0.109. The molecule has 0 saturated heterocycles. The molecule has 27 heavy (non-hydrogen) atoms. The summed E-state index contributed by atoms with van der Waals surface area (Å²) >= 11 is 0. The molecule has 0 bridgehead atoms. The van der Waals surface area contributed by atoms with Crippen LogP contribution in [0, 0.1) is 41.3 Å². The molecule has 0 N–H and O–H groups in total. The first kappa shape index (κ1) is 20.4. The molecule has 2 saturated carbocycles. The zero-order valence-corrected chi connectivity index (χ0v) is 17.4. The lowest BCUT2D eigenvalue weighted by atomic mass is 9.69. The minimum Gasteiger partial charge on any atom is -0.207 e. The van der Waals surface area contributed by atoms with Crippen molar-refractivity contribution in [3.8, 4) is 11.8 Å². The molecule has 0 aliphatic heterocycles. The summed E-state index contributed by atoms with van der Waals surface area (Å²) in [6, 6.07) is 5.46. The molecule has 3 rings (SSSR count). The van der Waals surface area contributed by atoms with E-state index >= 15 is 0 Å². The van der Waals surface area contributed by atoms with Crippen molar-refractivity contribution >= 4 is 0 Å². The molecule has 0 heterocycles. The van der Waals surface area contributed by atoms with Crippen LogP contribution < -0.4 is 0 Å². The molecule has 0 nitrogen and oxygen atoms in total. The van der Waals surface area contributed by atoms with E-state index in [1.165, 1.54) is 70.6 Å². The van der Waals surface area contributed by atoms with Gasteiger partial charge in [0, 0.05) is 11.5 Å². The van der Waals surface area contributed by atoms with Gasteiger partial charge < -0.3 is 0 Å². The molecular weight excluding hydrogens is 331 g/mol. The summed E-state index contributed by atoms with van der Waals surface area (Å²) in [6.45, 7) is 4.30. The molecule has 0 aromatic heterocycles. The van der Waals surface area contributed by atoms with Gasteiger partial charge in [-0.05, 0) is 80.4 Å². The maximum absolute atomic E-state index is 13.9. The van der Waals surface area contributed by atoms with E-state index in [0.29, 0.717) is 5.92 Å². The summed E-state index contributed by atoms with van der Waals surface area (Å²) in [5.41, 5.74) is 1.61. The maximum atomic E-state index is 13.9. The number of hydrogen-bond acceptors (Lipinski definition) is 0. The third-order valence-electron chi connectivity index (χ3n) is 7.15. The van der Waals surface area contributed by atoms with Gasteiger partial charge in [0.25, 0.3) is 0 Å². The molecule has 1 aromatic rings. The molecular formula is C26H37F. The van der Waals surface area contributed by atoms with Gasteiger partial charge in [-0.3, -0.25) is 0 Å². The van der Waals surface area contributed by atoms with E-state index in [1.807, 2.05) is 19.1 Å². The van der Waals surface area contributed by atoms with Crippen molar-refractivity contribution in [1.82, 2.24) is 0 Å². The molecule has 0 spiro atoms. The van der Waals surface area contributed by atoms with E-state index in [4.69, 9.17) is 0 Å². The van der Waals surface area contributed by atoms with Crippen LogP contribution in [0.25, 0.3) is 0 Å². The van der Waals surface area contributed by atoms with E-state index in [1.54, 1.807) is 6.07 Å². The molecule has 1 heteroatoms. The summed E-state index contributed by atoms with van der Waals surface area (Å²) in [6.07, 6.45) is 16.1. The Morgan fingerprint density at radius 3 is 2.19 bits per heavy atom. The van der Waals surface area contributed by atoms with E-state index < -0.39 is 0 Å². The zero-order valence-electron chi connectivity index (χ0n) is 17.4. The van der Waals surface area contributed by atoms with Crippen LogP contribution in [0.3, 0.4) is 0 Å². The summed E-state index contributed by atoms with van der Waals surface area (Å²) in [7, 11) is 0. The van der Waals surface area contributed by atoms with Crippen LogP contribution in [-0.4, -0.2) is 0 Å². The van der Waals surface area contributed by atoms with Crippen molar-refractivity contribution < 1.29 is 4.39 Å². The molecule has 0 atom stereocenters. The number of rotatable bonds is 5. The lowest BCUT2D eigenvalue weighted by Crippen LogP contribution is -2.25. The Hall–Kier alpha value is -1.29. The summed E-state index contributed by atoms with van der Waals surface area (Å²) in [4.78, 5) is 0. The van der Waals surface area contributed by atoms with Gasteiger partial charge in [-0.25, -0.2) is 4.39 Å². The Morgan fingerprint density at radius 2 is 1.59 bits per heavy atom. The molecule has 2 aliphatic rings. The summed E-state index contributed by atoms with van der Waals surface area (Å²) in [5, 5.41) is 0. The Labute approximate surface area is 166 Å². The van der Waals surface area contributed by atoms with Gasteiger partial charge in [0.15, 0.2) is 0 Å². The fourth-order valence-corrected chi connectivity index (χ4v) is 5.27. The second-order valence-electron chi connectivity index (χ2n) is 8.96. The highest BCUT2D eigenvalue weighted by molar-refractivity contribution is 5.37. The van der Waals surface area contributed by atoms with Crippen molar-refractivity contribution in [3.05, 3.63) is 35.1 Å². The topological polar surface area (TPSA) is 0 Å². The fraction of sp³-hybridized carbons (Fsp3) is 0.692. The van der Waals surface area contributed by atoms with E-state index in [0.717, 1.165) is 35.3 Å². The van der Waals surface area contributed by atoms with Crippen LogP contribution >= 0.6 is 0 Å². The van der Waals surface area contributed by atoms with E-state index in [9.17, 15) is 4.39 Å². The Balaban J connectivity index is 1.44. The second-order valence-corrected chi connectivity index (χ2v) is 8.96. The van der Waals surface area contributed by atoms with E-state index in [-0.39, 0.29) is 5.82 Å².